The molecule has 0 saturated heterocycles. The number of rotatable bonds is 5. The number of amides is 2. The number of nitrogens with one attached hydrogen (secondary N) is 1. The van der Waals surface area contributed by atoms with E-state index in [4.69, 9.17) is 0 Å². The minimum Gasteiger partial charge on any atom is -0.338 e. The highest BCUT2D eigenvalue weighted by Gasteiger charge is 2.24. The number of aryl methyl sites for hydroxylation is 1. The van der Waals surface area contributed by atoms with Gasteiger partial charge in [-0.3, -0.25) is 14.0 Å². The van der Waals surface area contributed by atoms with Crippen LogP contribution in [-0.4, -0.2) is 39.2 Å². The summed E-state index contributed by atoms with van der Waals surface area (Å²) in [6.07, 6.45) is 1.74. The van der Waals surface area contributed by atoms with Crippen LogP contribution in [-0.2, 0) is 0 Å². The molecule has 0 aliphatic carbocycles. The van der Waals surface area contributed by atoms with Crippen molar-refractivity contribution in [3.05, 3.63) is 65.7 Å². The average Bonchev–Trinajstić information content (AvgIpc) is 3.04. The molecule has 3 rings (SSSR count). The van der Waals surface area contributed by atoms with Gasteiger partial charge in [-0.05, 0) is 45.0 Å². The Morgan fingerprint density at radius 3 is 2.42 bits per heavy atom. The van der Waals surface area contributed by atoms with Gasteiger partial charge in [-0.1, -0.05) is 23.8 Å². The molecule has 134 valence electrons. The highest BCUT2D eigenvalue weighted by molar-refractivity contribution is 6.06. The summed E-state index contributed by atoms with van der Waals surface area (Å²) in [4.78, 5) is 31.6. The summed E-state index contributed by atoms with van der Waals surface area (Å²) >= 11 is 0. The zero-order valence-corrected chi connectivity index (χ0v) is 15.2. The fourth-order valence-electron chi connectivity index (χ4n) is 2.84. The van der Waals surface area contributed by atoms with E-state index in [-0.39, 0.29) is 17.6 Å². The summed E-state index contributed by atoms with van der Waals surface area (Å²) in [6, 6.07) is 13.0. The molecule has 0 spiro atoms. The van der Waals surface area contributed by atoms with E-state index in [0.29, 0.717) is 30.0 Å². The van der Waals surface area contributed by atoms with Crippen LogP contribution in [0.2, 0.25) is 0 Å². The number of hydrogen-bond acceptors (Lipinski definition) is 3. The number of benzene rings is 1. The van der Waals surface area contributed by atoms with Gasteiger partial charge in [0.05, 0.1) is 5.52 Å². The second-order valence-electron chi connectivity index (χ2n) is 6.04. The smallest absolute Gasteiger partial charge is 0.292 e. The van der Waals surface area contributed by atoms with Crippen LogP contribution in [0, 0.1) is 6.92 Å². The lowest BCUT2D eigenvalue weighted by Gasteiger charge is -2.17. The fraction of sp³-hybridized carbons (Fsp3) is 0.250. The molecule has 0 aliphatic rings. The zero-order chi connectivity index (χ0) is 18.7. The lowest BCUT2D eigenvalue weighted by atomic mass is 10.2. The molecule has 2 heterocycles. The third-order valence-electron chi connectivity index (χ3n) is 4.31. The minimum atomic E-state index is -0.353. The van der Waals surface area contributed by atoms with E-state index in [0.717, 1.165) is 5.56 Å². The van der Waals surface area contributed by atoms with Gasteiger partial charge in [0.15, 0.2) is 5.69 Å². The van der Waals surface area contributed by atoms with Gasteiger partial charge in [-0.25, -0.2) is 4.98 Å². The molecule has 2 aromatic heterocycles. The van der Waals surface area contributed by atoms with Crippen LogP contribution in [0.1, 0.15) is 40.5 Å². The molecule has 3 aromatic rings. The van der Waals surface area contributed by atoms with Crippen LogP contribution in [0.25, 0.3) is 5.52 Å². The lowest BCUT2D eigenvalue weighted by Crippen LogP contribution is -2.31. The maximum Gasteiger partial charge on any atom is 0.292 e. The predicted octanol–water partition coefficient (Wildman–Crippen LogP) is 3.38. The number of pyridine rings is 1. The average molecular weight is 350 g/mol. The van der Waals surface area contributed by atoms with E-state index in [1.54, 1.807) is 21.6 Å². The molecule has 0 unspecified atom stereocenters. The highest BCUT2D eigenvalue weighted by Crippen LogP contribution is 2.17. The van der Waals surface area contributed by atoms with Gasteiger partial charge in [-0.2, -0.15) is 0 Å². The SMILES string of the molecule is CCN(CC)C(=O)c1nc(C(=O)Nc2ccc(C)cc2)n2ccccc12. The minimum absolute atomic E-state index is 0.173. The van der Waals surface area contributed by atoms with Crippen LogP contribution in [0.3, 0.4) is 0 Å². The summed E-state index contributed by atoms with van der Waals surface area (Å²) in [6.45, 7) is 7.01. The number of imidazole rings is 1. The normalized spacial score (nSPS) is 10.7. The van der Waals surface area contributed by atoms with Gasteiger partial charge < -0.3 is 10.2 Å². The molecule has 0 aliphatic heterocycles. The van der Waals surface area contributed by atoms with Crippen molar-refractivity contribution in [3.63, 3.8) is 0 Å². The van der Waals surface area contributed by atoms with Gasteiger partial charge in [0.1, 0.15) is 0 Å². The number of anilines is 1. The lowest BCUT2D eigenvalue weighted by molar-refractivity contribution is 0.0769. The zero-order valence-electron chi connectivity index (χ0n) is 15.2. The van der Waals surface area contributed by atoms with Crippen molar-refractivity contribution in [2.45, 2.75) is 20.8 Å². The van der Waals surface area contributed by atoms with Crippen LogP contribution in [0.5, 0.6) is 0 Å². The Bertz CT molecular complexity index is 940. The second-order valence-corrected chi connectivity index (χ2v) is 6.04. The quantitative estimate of drug-likeness (QED) is 0.767. The number of carbonyl (C=O) groups excluding carboxylic acids is 2. The summed E-state index contributed by atoms with van der Waals surface area (Å²) in [7, 11) is 0. The molecule has 2 amide bonds. The summed E-state index contributed by atoms with van der Waals surface area (Å²) in [5.41, 5.74) is 2.72. The summed E-state index contributed by atoms with van der Waals surface area (Å²) in [5, 5.41) is 2.84. The molecule has 0 fully saturated rings. The Kier molecular flexibility index (Phi) is 5.02. The molecular weight excluding hydrogens is 328 g/mol. The molecular formula is C20H22N4O2. The third kappa shape index (κ3) is 3.31. The summed E-state index contributed by atoms with van der Waals surface area (Å²) in [5.74, 6) is -0.335. The van der Waals surface area contributed by atoms with E-state index in [1.165, 1.54) is 0 Å². The Balaban J connectivity index is 1.99. The summed E-state index contributed by atoms with van der Waals surface area (Å²) < 4.78 is 1.65. The molecule has 0 atom stereocenters. The van der Waals surface area contributed by atoms with E-state index in [9.17, 15) is 9.59 Å². The molecule has 26 heavy (non-hydrogen) atoms. The van der Waals surface area contributed by atoms with Crippen LogP contribution >= 0.6 is 0 Å². The second kappa shape index (κ2) is 7.39. The molecule has 0 bridgehead atoms. The molecule has 0 saturated carbocycles. The molecule has 6 heteroatoms. The number of nitrogens with zero attached hydrogens (tertiary/aromatic N) is 3. The van der Waals surface area contributed by atoms with Crippen molar-refractivity contribution in [1.82, 2.24) is 14.3 Å². The van der Waals surface area contributed by atoms with Gasteiger partial charge in [0.2, 0.25) is 5.82 Å². The van der Waals surface area contributed by atoms with Gasteiger partial charge in [0.25, 0.3) is 11.8 Å². The van der Waals surface area contributed by atoms with E-state index >= 15 is 0 Å². The van der Waals surface area contributed by atoms with Crippen molar-refractivity contribution in [1.29, 1.82) is 0 Å². The molecule has 1 aromatic carbocycles. The topological polar surface area (TPSA) is 66.7 Å². The Hall–Kier alpha value is -3.15. The number of carbonyl (C=O) groups is 2. The number of aromatic nitrogens is 2. The van der Waals surface area contributed by atoms with Crippen molar-refractivity contribution in [3.8, 4) is 0 Å². The first-order valence-corrected chi connectivity index (χ1v) is 8.69. The molecule has 0 radical (unpaired) electrons. The molecule has 6 nitrogen and oxygen atoms in total. The van der Waals surface area contributed by atoms with Crippen molar-refractivity contribution < 1.29 is 9.59 Å². The van der Waals surface area contributed by atoms with Gasteiger partial charge >= 0.3 is 0 Å². The van der Waals surface area contributed by atoms with Gasteiger partial charge in [-0.15, -0.1) is 0 Å². The van der Waals surface area contributed by atoms with Crippen LogP contribution in [0.4, 0.5) is 5.69 Å². The maximum absolute atomic E-state index is 12.8. The van der Waals surface area contributed by atoms with Crippen LogP contribution < -0.4 is 5.32 Å². The van der Waals surface area contributed by atoms with Crippen molar-refractivity contribution >= 4 is 23.0 Å². The van der Waals surface area contributed by atoms with E-state index < -0.39 is 0 Å². The molecule has 1 N–H and O–H groups in total. The first-order valence-electron chi connectivity index (χ1n) is 8.69. The van der Waals surface area contributed by atoms with Crippen LogP contribution in [0.15, 0.2) is 48.7 Å². The third-order valence-corrected chi connectivity index (χ3v) is 4.31. The first kappa shape index (κ1) is 17.7. The van der Waals surface area contributed by atoms with Gasteiger partial charge in [0, 0.05) is 25.0 Å². The van der Waals surface area contributed by atoms with E-state index in [1.807, 2.05) is 57.2 Å². The number of fused-ring (bicyclic) bond motifs is 1. The standard InChI is InChI=1S/C20H22N4O2/c1-4-23(5-2)20(26)17-16-8-6-7-13-24(16)18(22-17)19(25)21-15-11-9-14(3)10-12-15/h6-13H,4-5H2,1-3H3,(H,21,25). The van der Waals surface area contributed by atoms with Crippen molar-refractivity contribution in [2.24, 2.45) is 0 Å². The highest BCUT2D eigenvalue weighted by atomic mass is 16.2. The van der Waals surface area contributed by atoms with Crippen molar-refractivity contribution in [2.75, 3.05) is 18.4 Å². The first-order chi connectivity index (χ1) is 12.5. The monoisotopic (exact) mass is 350 g/mol. The van der Waals surface area contributed by atoms with E-state index in [2.05, 4.69) is 10.3 Å². The maximum atomic E-state index is 12.8. The Morgan fingerprint density at radius 1 is 1.08 bits per heavy atom. The predicted molar refractivity (Wildman–Crippen MR) is 102 cm³/mol. The Morgan fingerprint density at radius 2 is 1.77 bits per heavy atom. The largest absolute Gasteiger partial charge is 0.338 e. The Labute approximate surface area is 152 Å². The number of hydrogen-bond donors (Lipinski definition) is 1. The fourth-order valence-corrected chi connectivity index (χ4v) is 2.84.